The molecule has 100 valence electrons. The van der Waals surface area contributed by atoms with E-state index in [-0.39, 0.29) is 5.38 Å². The molecule has 1 saturated carbocycles. The third kappa shape index (κ3) is 2.32. The quantitative estimate of drug-likeness (QED) is 0.701. The van der Waals surface area contributed by atoms with Crippen molar-refractivity contribution < 1.29 is 4.74 Å². The molecule has 2 aromatic carbocycles. The van der Waals surface area contributed by atoms with Gasteiger partial charge in [0.05, 0.1) is 12.5 Å². The molecule has 1 fully saturated rings. The Balaban J connectivity index is 1.94. The smallest absolute Gasteiger partial charge is 0.119 e. The van der Waals surface area contributed by atoms with Crippen LogP contribution in [-0.2, 0) is 0 Å². The third-order valence-corrected chi connectivity index (χ3v) is 4.89. The molecule has 0 bridgehead atoms. The molecule has 0 radical (unpaired) electrons. The SMILES string of the molecule is COc1ccc2cc(C(Cl)C3CC3(C)C)ccc2c1. The highest BCUT2D eigenvalue weighted by Gasteiger charge is 2.49. The first-order valence-electron chi connectivity index (χ1n) is 6.73. The lowest BCUT2D eigenvalue weighted by molar-refractivity contribution is 0.415. The Labute approximate surface area is 119 Å². The van der Waals surface area contributed by atoms with Gasteiger partial charge in [-0.25, -0.2) is 0 Å². The van der Waals surface area contributed by atoms with Crippen molar-refractivity contribution in [1.82, 2.24) is 0 Å². The van der Waals surface area contributed by atoms with E-state index in [2.05, 4.69) is 44.2 Å². The summed E-state index contributed by atoms with van der Waals surface area (Å²) >= 11 is 6.62. The van der Waals surface area contributed by atoms with Gasteiger partial charge >= 0.3 is 0 Å². The molecule has 0 aliphatic heterocycles. The lowest BCUT2D eigenvalue weighted by Gasteiger charge is -2.13. The van der Waals surface area contributed by atoms with Crippen LogP contribution in [0.1, 0.15) is 31.2 Å². The molecule has 0 spiro atoms. The Morgan fingerprint density at radius 3 is 2.42 bits per heavy atom. The molecule has 2 unspecified atom stereocenters. The van der Waals surface area contributed by atoms with Gasteiger partial charge in [0, 0.05) is 0 Å². The first-order valence-corrected chi connectivity index (χ1v) is 7.17. The minimum atomic E-state index is 0.126. The fourth-order valence-corrected chi connectivity index (χ4v) is 3.35. The summed E-state index contributed by atoms with van der Waals surface area (Å²) in [5, 5.41) is 2.55. The number of hydrogen-bond donors (Lipinski definition) is 0. The number of fused-ring (bicyclic) bond motifs is 1. The highest BCUT2D eigenvalue weighted by atomic mass is 35.5. The highest BCUT2D eigenvalue weighted by molar-refractivity contribution is 6.21. The maximum absolute atomic E-state index is 6.62. The fourth-order valence-electron chi connectivity index (χ4n) is 2.78. The van der Waals surface area contributed by atoms with Crippen LogP contribution in [0.4, 0.5) is 0 Å². The summed E-state index contributed by atoms with van der Waals surface area (Å²) < 4.78 is 5.25. The number of methoxy groups -OCH3 is 1. The van der Waals surface area contributed by atoms with Crippen molar-refractivity contribution in [3.63, 3.8) is 0 Å². The van der Waals surface area contributed by atoms with Gasteiger partial charge in [-0.15, -0.1) is 11.6 Å². The number of hydrogen-bond acceptors (Lipinski definition) is 1. The van der Waals surface area contributed by atoms with E-state index < -0.39 is 0 Å². The van der Waals surface area contributed by atoms with Gasteiger partial charge in [-0.1, -0.05) is 32.0 Å². The lowest BCUT2D eigenvalue weighted by Crippen LogP contribution is -1.99. The summed E-state index contributed by atoms with van der Waals surface area (Å²) in [6.45, 7) is 4.58. The first kappa shape index (κ1) is 12.8. The fraction of sp³-hybridized carbons (Fsp3) is 0.412. The maximum atomic E-state index is 6.62. The summed E-state index contributed by atoms with van der Waals surface area (Å²) in [6, 6.07) is 12.6. The average molecular weight is 275 g/mol. The van der Waals surface area contributed by atoms with Crippen LogP contribution in [0.25, 0.3) is 10.8 Å². The molecule has 2 atom stereocenters. The van der Waals surface area contributed by atoms with E-state index in [1.54, 1.807) is 7.11 Å². The van der Waals surface area contributed by atoms with Crippen LogP contribution >= 0.6 is 11.6 Å². The van der Waals surface area contributed by atoms with Gasteiger partial charge in [0.15, 0.2) is 0 Å². The Kier molecular flexibility index (Phi) is 2.98. The molecule has 19 heavy (non-hydrogen) atoms. The molecule has 1 aliphatic carbocycles. The molecular formula is C17H19ClO. The van der Waals surface area contributed by atoms with Crippen LogP contribution in [0, 0.1) is 11.3 Å². The van der Waals surface area contributed by atoms with Crippen LogP contribution in [0.5, 0.6) is 5.75 Å². The average Bonchev–Trinajstić information content (AvgIpc) is 3.05. The Bertz CT molecular complexity index is 618. The van der Waals surface area contributed by atoms with Crippen LogP contribution in [0.2, 0.25) is 0 Å². The summed E-state index contributed by atoms with van der Waals surface area (Å²) in [5.41, 5.74) is 1.64. The van der Waals surface area contributed by atoms with Crippen LogP contribution < -0.4 is 4.74 Å². The number of ether oxygens (including phenoxy) is 1. The van der Waals surface area contributed by atoms with Gasteiger partial charge in [-0.05, 0) is 52.3 Å². The van der Waals surface area contributed by atoms with Gasteiger partial charge in [0.25, 0.3) is 0 Å². The molecule has 2 aromatic rings. The van der Waals surface area contributed by atoms with E-state index in [1.807, 2.05) is 6.07 Å². The number of benzene rings is 2. The summed E-state index contributed by atoms with van der Waals surface area (Å²) in [5.74, 6) is 1.50. The normalized spacial score (nSPS) is 22.2. The van der Waals surface area contributed by atoms with Crippen LogP contribution in [0.15, 0.2) is 36.4 Å². The molecule has 0 aromatic heterocycles. The van der Waals surface area contributed by atoms with Gasteiger partial charge in [0.2, 0.25) is 0 Å². The van der Waals surface area contributed by atoms with E-state index in [1.165, 1.54) is 22.8 Å². The molecule has 1 aliphatic rings. The van der Waals surface area contributed by atoms with Gasteiger partial charge in [-0.2, -0.15) is 0 Å². The molecule has 3 rings (SSSR count). The molecule has 0 saturated heterocycles. The van der Waals surface area contributed by atoms with E-state index in [9.17, 15) is 0 Å². The Morgan fingerprint density at radius 1 is 1.16 bits per heavy atom. The van der Waals surface area contributed by atoms with Gasteiger partial charge < -0.3 is 4.74 Å². The molecule has 0 N–H and O–H groups in total. The minimum absolute atomic E-state index is 0.126. The molecule has 1 nitrogen and oxygen atoms in total. The van der Waals surface area contributed by atoms with Crippen molar-refractivity contribution in [2.75, 3.05) is 7.11 Å². The van der Waals surface area contributed by atoms with Crippen molar-refractivity contribution in [1.29, 1.82) is 0 Å². The van der Waals surface area contributed by atoms with Crippen molar-refractivity contribution in [3.8, 4) is 5.75 Å². The monoisotopic (exact) mass is 274 g/mol. The standard InChI is InChI=1S/C17H19ClO/c1-17(2)10-15(17)16(18)13-5-4-12-9-14(19-3)7-6-11(12)8-13/h4-9,15-16H,10H2,1-3H3. The second-order valence-corrected chi connectivity index (χ2v) is 6.64. The second-order valence-electron chi connectivity index (χ2n) is 6.17. The lowest BCUT2D eigenvalue weighted by atomic mass is 9.99. The third-order valence-electron chi connectivity index (χ3n) is 4.33. The van der Waals surface area contributed by atoms with Crippen LogP contribution in [-0.4, -0.2) is 7.11 Å². The zero-order valence-corrected chi connectivity index (χ0v) is 12.4. The number of rotatable bonds is 3. The molecule has 2 heteroatoms. The zero-order valence-electron chi connectivity index (χ0n) is 11.6. The van der Waals surface area contributed by atoms with Crippen molar-refractivity contribution in [2.24, 2.45) is 11.3 Å². The molecule has 0 amide bonds. The second kappa shape index (κ2) is 4.42. The van der Waals surface area contributed by atoms with E-state index >= 15 is 0 Å². The largest absolute Gasteiger partial charge is 0.497 e. The van der Waals surface area contributed by atoms with Crippen molar-refractivity contribution >= 4 is 22.4 Å². The minimum Gasteiger partial charge on any atom is -0.497 e. The Morgan fingerprint density at radius 2 is 1.79 bits per heavy atom. The topological polar surface area (TPSA) is 9.23 Å². The van der Waals surface area contributed by atoms with Crippen molar-refractivity contribution in [3.05, 3.63) is 42.0 Å². The molecule has 0 heterocycles. The predicted octanol–water partition coefficient (Wildman–Crippen LogP) is 5.17. The summed E-state index contributed by atoms with van der Waals surface area (Å²) in [6.07, 6.45) is 1.22. The first-order chi connectivity index (χ1) is 9.01. The predicted molar refractivity (Wildman–Crippen MR) is 81.0 cm³/mol. The van der Waals surface area contributed by atoms with E-state index in [4.69, 9.17) is 16.3 Å². The summed E-state index contributed by atoms with van der Waals surface area (Å²) in [4.78, 5) is 0. The highest BCUT2D eigenvalue weighted by Crippen LogP contribution is 2.59. The van der Waals surface area contributed by atoms with Gasteiger partial charge in [0.1, 0.15) is 5.75 Å². The Hall–Kier alpha value is -1.21. The molecular weight excluding hydrogens is 256 g/mol. The van der Waals surface area contributed by atoms with Crippen molar-refractivity contribution in [2.45, 2.75) is 25.6 Å². The zero-order chi connectivity index (χ0) is 13.6. The summed E-state index contributed by atoms with van der Waals surface area (Å²) in [7, 11) is 1.69. The maximum Gasteiger partial charge on any atom is 0.119 e. The van der Waals surface area contributed by atoms with Gasteiger partial charge in [-0.3, -0.25) is 0 Å². The van der Waals surface area contributed by atoms with Crippen LogP contribution in [0.3, 0.4) is 0 Å². The van der Waals surface area contributed by atoms with E-state index in [0.29, 0.717) is 11.3 Å². The number of halogens is 1. The number of alkyl halides is 1. The van der Waals surface area contributed by atoms with E-state index in [0.717, 1.165) is 5.75 Å².